The Hall–Kier alpha value is -0.690. The average Bonchev–Trinajstić information content (AvgIpc) is 2.71. The van der Waals surface area contributed by atoms with Gasteiger partial charge in [-0.1, -0.05) is 0 Å². The molecule has 0 aromatic heterocycles. The highest BCUT2D eigenvalue weighted by molar-refractivity contribution is 5.77. The van der Waals surface area contributed by atoms with Crippen molar-refractivity contribution in [3.63, 3.8) is 0 Å². The van der Waals surface area contributed by atoms with Crippen LogP contribution in [0.2, 0.25) is 0 Å². The van der Waals surface area contributed by atoms with Crippen LogP contribution in [0.15, 0.2) is 0 Å². The van der Waals surface area contributed by atoms with Gasteiger partial charge in [-0.3, -0.25) is 9.69 Å². The van der Waals surface area contributed by atoms with Crippen molar-refractivity contribution in [3.05, 3.63) is 0 Å². The molecule has 6 nitrogen and oxygen atoms in total. The summed E-state index contributed by atoms with van der Waals surface area (Å²) in [4.78, 5) is 13.2. The van der Waals surface area contributed by atoms with Gasteiger partial charge in [0.15, 0.2) is 0 Å². The van der Waals surface area contributed by atoms with Crippen LogP contribution in [0.3, 0.4) is 0 Å². The zero-order valence-electron chi connectivity index (χ0n) is 11.5. The largest absolute Gasteiger partial charge is 0.480 e. The maximum Gasteiger partial charge on any atom is 0.323 e. The molecule has 6 heteroatoms. The summed E-state index contributed by atoms with van der Waals surface area (Å²) >= 11 is 0. The van der Waals surface area contributed by atoms with Crippen molar-refractivity contribution >= 4 is 5.97 Å². The Balaban J connectivity index is 2.59. The highest BCUT2D eigenvalue weighted by Gasteiger charge is 2.38. The summed E-state index contributed by atoms with van der Waals surface area (Å²) in [6.45, 7) is 5.01. The second kappa shape index (κ2) is 5.97. The van der Waals surface area contributed by atoms with Gasteiger partial charge in [0.2, 0.25) is 0 Å². The van der Waals surface area contributed by atoms with E-state index in [2.05, 4.69) is 4.90 Å². The van der Waals surface area contributed by atoms with E-state index in [0.29, 0.717) is 6.42 Å². The minimum absolute atomic E-state index is 0.0336. The zero-order valence-corrected chi connectivity index (χ0v) is 11.5. The first kappa shape index (κ1) is 15.4. The topological polar surface area (TPSA) is 85.0 Å². The first-order chi connectivity index (χ1) is 8.31. The number of rotatable bonds is 6. The van der Waals surface area contributed by atoms with Crippen LogP contribution in [0.5, 0.6) is 0 Å². The van der Waals surface area contributed by atoms with Crippen molar-refractivity contribution in [2.24, 2.45) is 5.73 Å². The van der Waals surface area contributed by atoms with Crippen LogP contribution < -0.4 is 5.73 Å². The molecule has 0 saturated carbocycles. The summed E-state index contributed by atoms with van der Waals surface area (Å²) in [6, 6.07) is 0.0777. The van der Waals surface area contributed by atoms with E-state index >= 15 is 0 Å². The lowest BCUT2D eigenvalue weighted by Gasteiger charge is -2.29. The Morgan fingerprint density at radius 2 is 1.89 bits per heavy atom. The third-order valence-corrected chi connectivity index (χ3v) is 3.68. The quantitative estimate of drug-likeness (QED) is 0.694. The van der Waals surface area contributed by atoms with Gasteiger partial charge in [-0.15, -0.1) is 0 Å². The van der Waals surface area contributed by atoms with Crippen molar-refractivity contribution in [1.29, 1.82) is 0 Å². The SMILES string of the molecule is COC1CN(C(C)CC(C)(N)C(=O)O)CC1OC. The Morgan fingerprint density at radius 1 is 1.44 bits per heavy atom. The molecule has 0 aromatic rings. The lowest BCUT2D eigenvalue weighted by Crippen LogP contribution is -2.50. The summed E-state index contributed by atoms with van der Waals surface area (Å²) in [5.41, 5.74) is 4.57. The first-order valence-electron chi connectivity index (χ1n) is 6.13. The van der Waals surface area contributed by atoms with Crippen molar-refractivity contribution in [2.45, 2.75) is 44.1 Å². The van der Waals surface area contributed by atoms with Gasteiger partial charge < -0.3 is 20.3 Å². The minimum Gasteiger partial charge on any atom is -0.480 e. The Labute approximate surface area is 108 Å². The van der Waals surface area contributed by atoms with Crippen LogP contribution in [-0.2, 0) is 14.3 Å². The second-order valence-corrected chi connectivity index (χ2v) is 5.28. The molecule has 4 atom stereocenters. The number of nitrogens with two attached hydrogens (primary N) is 1. The monoisotopic (exact) mass is 260 g/mol. The summed E-state index contributed by atoms with van der Waals surface area (Å²) < 4.78 is 10.7. The molecule has 0 aliphatic carbocycles. The average molecular weight is 260 g/mol. The number of carboxylic acids is 1. The zero-order chi connectivity index (χ0) is 13.9. The fourth-order valence-corrected chi connectivity index (χ4v) is 2.41. The molecule has 0 aromatic carbocycles. The smallest absolute Gasteiger partial charge is 0.323 e. The number of ether oxygens (including phenoxy) is 2. The fraction of sp³-hybridized carbons (Fsp3) is 0.917. The molecule has 1 heterocycles. The third kappa shape index (κ3) is 3.41. The van der Waals surface area contributed by atoms with Gasteiger partial charge in [0.05, 0.1) is 12.2 Å². The van der Waals surface area contributed by atoms with E-state index in [-0.39, 0.29) is 18.2 Å². The van der Waals surface area contributed by atoms with Gasteiger partial charge in [0, 0.05) is 33.4 Å². The van der Waals surface area contributed by atoms with E-state index in [0.717, 1.165) is 13.1 Å². The van der Waals surface area contributed by atoms with E-state index in [9.17, 15) is 4.79 Å². The van der Waals surface area contributed by atoms with E-state index in [1.807, 2.05) is 6.92 Å². The van der Waals surface area contributed by atoms with E-state index in [1.165, 1.54) is 0 Å². The van der Waals surface area contributed by atoms with E-state index < -0.39 is 11.5 Å². The van der Waals surface area contributed by atoms with Gasteiger partial charge in [-0.25, -0.2) is 0 Å². The normalized spacial score (nSPS) is 30.1. The summed E-state index contributed by atoms with van der Waals surface area (Å²) in [5.74, 6) is -0.972. The van der Waals surface area contributed by atoms with Crippen molar-refractivity contribution < 1.29 is 19.4 Å². The summed E-state index contributed by atoms with van der Waals surface area (Å²) in [6.07, 6.45) is 0.465. The summed E-state index contributed by atoms with van der Waals surface area (Å²) in [7, 11) is 3.32. The maximum absolute atomic E-state index is 11.0. The number of aliphatic carboxylic acids is 1. The van der Waals surface area contributed by atoms with Crippen LogP contribution in [0, 0.1) is 0 Å². The Kier molecular flexibility index (Phi) is 5.10. The lowest BCUT2D eigenvalue weighted by molar-refractivity contribution is -0.143. The van der Waals surface area contributed by atoms with Crippen molar-refractivity contribution in [1.82, 2.24) is 4.90 Å². The molecular formula is C12H24N2O4. The van der Waals surface area contributed by atoms with Gasteiger partial charge in [-0.05, 0) is 20.3 Å². The molecular weight excluding hydrogens is 236 g/mol. The van der Waals surface area contributed by atoms with Crippen LogP contribution in [-0.4, -0.2) is 67.1 Å². The predicted molar refractivity (Wildman–Crippen MR) is 67.5 cm³/mol. The highest BCUT2D eigenvalue weighted by atomic mass is 16.5. The Bertz CT molecular complexity index is 284. The maximum atomic E-state index is 11.0. The molecule has 0 bridgehead atoms. The van der Waals surface area contributed by atoms with Gasteiger partial charge in [-0.2, -0.15) is 0 Å². The van der Waals surface area contributed by atoms with Gasteiger partial charge in [0.1, 0.15) is 5.54 Å². The molecule has 1 aliphatic heterocycles. The molecule has 1 rings (SSSR count). The van der Waals surface area contributed by atoms with Crippen LogP contribution in [0.1, 0.15) is 20.3 Å². The minimum atomic E-state index is -1.20. The third-order valence-electron chi connectivity index (χ3n) is 3.68. The Morgan fingerprint density at radius 3 is 2.22 bits per heavy atom. The number of likely N-dealkylation sites (tertiary alicyclic amines) is 1. The first-order valence-corrected chi connectivity index (χ1v) is 6.13. The molecule has 1 fully saturated rings. The molecule has 106 valence electrons. The second-order valence-electron chi connectivity index (χ2n) is 5.28. The van der Waals surface area contributed by atoms with E-state index in [4.69, 9.17) is 20.3 Å². The molecule has 3 N–H and O–H groups in total. The van der Waals surface area contributed by atoms with Crippen LogP contribution >= 0.6 is 0 Å². The fourth-order valence-electron chi connectivity index (χ4n) is 2.41. The molecule has 0 amide bonds. The molecule has 0 radical (unpaired) electrons. The predicted octanol–water partition coefficient (Wildman–Crippen LogP) is -0.0874. The number of hydrogen-bond acceptors (Lipinski definition) is 5. The molecule has 0 spiro atoms. The van der Waals surface area contributed by atoms with Crippen molar-refractivity contribution in [2.75, 3.05) is 27.3 Å². The number of hydrogen-bond donors (Lipinski definition) is 2. The lowest BCUT2D eigenvalue weighted by atomic mass is 9.94. The number of nitrogens with zero attached hydrogens (tertiary/aromatic N) is 1. The van der Waals surface area contributed by atoms with Gasteiger partial charge in [0.25, 0.3) is 0 Å². The molecule has 1 aliphatic rings. The molecule has 18 heavy (non-hydrogen) atoms. The molecule has 4 unspecified atom stereocenters. The van der Waals surface area contributed by atoms with Gasteiger partial charge >= 0.3 is 5.97 Å². The summed E-state index contributed by atoms with van der Waals surface area (Å²) in [5, 5.41) is 9.04. The number of carboxylic acid groups (broad SMARTS) is 1. The van der Waals surface area contributed by atoms with Crippen LogP contribution in [0.25, 0.3) is 0 Å². The number of methoxy groups -OCH3 is 2. The van der Waals surface area contributed by atoms with Crippen LogP contribution in [0.4, 0.5) is 0 Å². The standard InChI is InChI=1S/C12H24N2O4/c1-8(5-12(2,13)11(15)16)14-6-9(17-3)10(7-14)18-4/h8-10H,5-7,13H2,1-4H3,(H,15,16). The molecule has 1 saturated heterocycles. The van der Waals surface area contributed by atoms with E-state index in [1.54, 1.807) is 21.1 Å². The highest BCUT2D eigenvalue weighted by Crippen LogP contribution is 2.22. The van der Waals surface area contributed by atoms with Crippen molar-refractivity contribution in [3.8, 4) is 0 Å². The number of carbonyl (C=O) groups is 1.